The van der Waals surface area contributed by atoms with Crippen LogP contribution in [0.5, 0.6) is 17.2 Å². The van der Waals surface area contributed by atoms with Gasteiger partial charge in [0.05, 0.1) is 14.2 Å². The molecule has 1 amide bonds. The standard InChI is InChI=1S/C20H24FNO4/c1-4-17(26-16-8-6-15(21)7-9-16)20(23)22-12-11-14-5-10-18(24-2)19(13-14)25-3/h5-10,13,17H,4,11-12H2,1-3H3,(H,22,23)/t17-/m1/s1. The van der Waals surface area contributed by atoms with Crippen molar-refractivity contribution in [3.63, 3.8) is 0 Å². The van der Waals surface area contributed by atoms with Gasteiger partial charge in [-0.1, -0.05) is 13.0 Å². The van der Waals surface area contributed by atoms with E-state index in [1.807, 2.05) is 25.1 Å². The van der Waals surface area contributed by atoms with Crippen molar-refractivity contribution in [1.82, 2.24) is 5.32 Å². The Hall–Kier alpha value is -2.76. The Morgan fingerprint density at radius 3 is 2.38 bits per heavy atom. The molecule has 0 bridgehead atoms. The van der Waals surface area contributed by atoms with Gasteiger partial charge in [-0.2, -0.15) is 0 Å². The summed E-state index contributed by atoms with van der Waals surface area (Å²) in [4.78, 5) is 12.3. The maximum absolute atomic E-state index is 12.9. The minimum Gasteiger partial charge on any atom is -0.493 e. The van der Waals surface area contributed by atoms with Gasteiger partial charge in [0, 0.05) is 6.54 Å². The third kappa shape index (κ3) is 5.37. The van der Waals surface area contributed by atoms with Gasteiger partial charge in [0.25, 0.3) is 5.91 Å². The van der Waals surface area contributed by atoms with E-state index >= 15 is 0 Å². The first-order valence-corrected chi connectivity index (χ1v) is 8.48. The fourth-order valence-corrected chi connectivity index (χ4v) is 2.48. The van der Waals surface area contributed by atoms with E-state index in [1.54, 1.807) is 14.2 Å². The molecule has 0 aliphatic rings. The van der Waals surface area contributed by atoms with Gasteiger partial charge in [-0.25, -0.2) is 4.39 Å². The summed E-state index contributed by atoms with van der Waals surface area (Å²) >= 11 is 0. The second-order valence-electron chi connectivity index (χ2n) is 5.70. The summed E-state index contributed by atoms with van der Waals surface area (Å²) < 4.78 is 29.1. The van der Waals surface area contributed by atoms with Crippen molar-refractivity contribution >= 4 is 5.91 Å². The average molecular weight is 361 g/mol. The van der Waals surface area contributed by atoms with Crippen LogP contribution in [0, 0.1) is 5.82 Å². The molecule has 1 N–H and O–H groups in total. The minimum atomic E-state index is -0.620. The van der Waals surface area contributed by atoms with E-state index in [-0.39, 0.29) is 11.7 Å². The molecule has 5 nitrogen and oxygen atoms in total. The summed E-state index contributed by atoms with van der Waals surface area (Å²) in [5, 5.41) is 2.87. The van der Waals surface area contributed by atoms with Crippen LogP contribution in [0.3, 0.4) is 0 Å². The first-order valence-electron chi connectivity index (χ1n) is 8.48. The van der Waals surface area contributed by atoms with Crippen LogP contribution >= 0.6 is 0 Å². The number of amides is 1. The molecule has 1 atom stereocenters. The van der Waals surface area contributed by atoms with Crippen LogP contribution in [0.15, 0.2) is 42.5 Å². The number of carbonyl (C=O) groups is 1. The van der Waals surface area contributed by atoms with Gasteiger partial charge in [0.2, 0.25) is 0 Å². The minimum absolute atomic E-state index is 0.197. The summed E-state index contributed by atoms with van der Waals surface area (Å²) in [6.45, 7) is 2.33. The average Bonchev–Trinajstić information content (AvgIpc) is 2.67. The lowest BCUT2D eigenvalue weighted by atomic mass is 10.1. The maximum atomic E-state index is 12.9. The molecule has 0 aliphatic carbocycles. The summed E-state index contributed by atoms with van der Waals surface area (Å²) in [6.07, 6.45) is 0.546. The predicted octanol–water partition coefficient (Wildman–Crippen LogP) is 3.36. The smallest absolute Gasteiger partial charge is 0.261 e. The molecule has 2 aromatic carbocycles. The van der Waals surface area contributed by atoms with Gasteiger partial charge in [0.1, 0.15) is 11.6 Å². The zero-order valence-electron chi connectivity index (χ0n) is 15.3. The Balaban J connectivity index is 1.87. The van der Waals surface area contributed by atoms with Crippen LogP contribution in [0.25, 0.3) is 0 Å². The van der Waals surface area contributed by atoms with Crippen molar-refractivity contribution in [2.45, 2.75) is 25.9 Å². The number of halogens is 1. The summed E-state index contributed by atoms with van der Waals surface area (Å²) in [5.74, 6) is 1.25. The molecule has 0 heterocycles. The largest absolute Gasteiger partial charge is 0.493 e. The number of nitrogens with one attached hydrogen (secondary N) is 1. The Kier molecular flexibility index (Phi) is 7.26. The van der Waals surface area contributed by atoms with E-state index < -0.39 is 6.10 Å². The van der Waals surface area contributed by atoms with E-state index in [0.29, 0.717) is 36.6 Å². The highest BCUT2D eigenvalue weighted by Gasteiger charge is 2.18. The number of rotatable bonds is 9. The molecule has 2 rings (SSSR count). The third-order valence-electron chi connectivity index (χ3n) is 3.92. The number of ether oxygens (including phenoxy) is 3. The molecule has 0 aliphatic heterocycles. The zero-order chi connectivity index (χ0) is 18.9. The Morgan fingerprint density at radius 1 is 1.08 bits per heavy atom. The van der Waals surface area contributed by atoms with Gasteiger partial charge in [-0.3, -0.25) is 4.79 Å². The van der Waals surface area contributed by atoms with Gasteiger partial charge in [0.15, 0.2) is 17.6 Å². The third-order valence-corrected chi connectivity index (χ3v) is 3.92. The van der Waals surface area contributed by atoms with E-state index in [4.69, 9.17) is 14.2 Å². The Bertz CT molecular complexity index is 718. The topological polar surface area (TPSA) is 56.8 Å². The van der Waals surface area contributed by atoms with E-state index in [0.717, 1.165) is 5.56 Å². The SMILES string of the molecule is CC[C@@H](Oc1ccc(F)cc1)C(=O)NCCc1ccc(OC)c(OC)c1. The van der Waals surface area contributed by atoms with E-state index in [2.05, 4.69) is 5.32 Å². The zero-order valence-corrected chi connectivity index (χ0v) is 15.3. The number of hydrogen-bond donors (Lipinski definition) is 1. The lowest BCUT2D eigenvalue weighted by Gasteiger charge is -2.17. The molecule has 0 aromatic heterocycles. The summed E-state index contributed by atoms with van der Waals surface area (Å²) in [6, 6.07) is 11.3. The first-order chi connectivity index (χ1) is 12.6. The Labute approximate surface area is 153 Å². The van der Waals surface area contributed by atoms with Crippen molar-refractivity contribution in [2.75, 3.05) is 20.8 Å². The van der Waals surface area contributed by atoms with Crippen molar-refractivity contribution in [3.05, 3.63) is 53.8 Å². The molecule has 2 aromatic rings. The Morgan fingerprint density at radius 2 is 1.77 bits per heavy atom. The maximum Gasteiger partial charge on any atom is 0.261 e. The van der Waals surface area contributed by atoms with Crippen molar-refractivity contribution in [2.24, 2.45) is 0 Å². The van der Waals surface area contributed by atoms with E-state index in [1.165, 1.54) is 24.3 Å². The normalized spacial score (nSPS) is 11.5. The molecule has 6 heteroatoms. The van der Waals surface area contributed by atoms with Crippen LogP contribution in [-0.2, 0) is 11.2 Å². The molecule has 0 spiro atoms. The van der Waals surface area contributed by atoms with Crippen molar-refractivity contribution < 1.29 is 23.4 Å². The lowest BCUT2D eigenvalue weighted by molar-refractivity contribution is -0.128. The molecule has 0 saturated heterocycles. The molecule has 0 unspecified atom stereocenters. The van der Waals surface area contributed by atoms with Crippen LogP contribution in [-0.4, -0.2) is 32.8 Å². The second kappa shape index (κ2) is 9.65. The van der Waals surface area contributed by atoms with Crippen LogP contribution in [0.4, 0.5) is 4.39 Å². The van der Waals surface area contributed by atoms with Crippen molar-refractivity contribution in [3.8, 4) is 17.2 Å². The summed E-state index contributed by atoms with van der Waals surface area (Å²) in [7, 11) is 3.17. The van der Waals surface area contributed by atoms with Crippen LogP contribution < -0.4 is 19.5 Å². The highest BCUT2D eigenvalue weighted by Crippen LogP contribution is 2.27. The molecule has 0 radical (unpaired) electrons. The molecule has 140 valence electrons. The highest BCUT2D eigenvalue weighted by atomic mass is 19.1. The molecular formula is C20H24FNO4. The second-order valence-corrected chi connectivity index (χ2v) is 5.70. The lowest BCUT2D eigenvalue weighted by Crippen LogP contribution is -2.38. The highest BCUT2D eigenvalue weighted by molar-refractivity contribution is 5.81. The molecule has 0 fully saturated rings. The van der Waals surface area contributed by atoms with Gasteiger partial charge in [-0.05, 0) is 54.8 Å². The van der Waals surface area contributed by atoms with Gasteiger partial charge < -0.3 is 19.5 Å². The number of carbonyl (C=O) groups excluding carboxylic acids is 1. The molecule has 26 heavy (non-hydrogen) atoms. The monoisotopic (exact) mass is 361 g/mol. The first kappa shape index (κ1) is 19.6. The van der Waals surface area contributed by atoms with E-state index in [9.17, 15) is 9.18 Å². The number of methoxy groups -OCH3 is 2. The fraction of sp³-hybridized carbons (Fsp3) is 0.350. The van der Waals surface area contributed by atoms with Crippen LogP contribution in [0.2, 0.25) is 0 Å². The number of benzene rings is 2. The van der Waals surface area contributed by atoms with Gasteiger partial charge >= 0.3 is 0 Å². The summed E-state index contributed by atoms with van der Waals surface area (Å²) in [5.41, 5.74) is 1.02. The predicted molar refractivity (Wildman–Crippen MR) is 97.4 cm³/mol. The quantitative estimate of drug-likeness (QED) is 0.744. The number of hydrogen-bond acceptors (Lipinski definition) is 4. The van der Waals surface area contributed by atoms with Crippen molar-refractivity contribution in [1.29, 1.82) is 0 Å². The van der Waals surface area contributed by atoms with Gasteiger partial charge in [-0.15, -0.1) is 0 Å². The molecular weight excluding hydrogens is 337 g/mol. The molecule has 0 saturated carbocycles. The van der Waals surface area contributed by atoms with Crippen LogP contribution in [0.1, 0.15) is 18.9 Å². The fourth-order valence-electron chi connectivity index (χ4n) is 2.48.